The number of aliphatic hydroxyl groups excluding tert-OH is 1. The number of hydrogen-bond donors (Lipinski definition) is 2. The molecule has 1 unspecified atom stereocenters. The first-order chi connectivity index (χ1) is 11.7. The zero-order chi connectivity index (χ0) is 16.8. The van der Waals surface area contributed by atoms with Gasteiger partial charge in [0.2, 0.25) is 0 Å². The highest BCUT2D eigenvalue weighted by Gasteiger charge is 2.20. The van der Waals surface area contributed by atoms with Crippen LogP contribution in [0.25, 0.3) is 0 Å². The lowest BCUT2D eigenvalue weighted by Gasteiger charge is -2.29. The topological polar surface area (TPSA) is 41.5 Å². The lowest BCUT2D eigenvalue weighted by Crippen LogP contribution is -2.36. The third kappa shape index (κ3) is 4.83. The molecular formula is C21H27NO2. The average Bonchev–Trinajstić information content (AvgIpc) is 2.63. The molecule has 1 aliphatic carbocycles. The number of benzene rings is 2. The van der Waals surface area contributed by atoms with Crippen LogP contribution in [0.4, 0.5) is 0 Å². The van der Waals surface area contributed by atoms with Crippen LogP contribution < -0.4 is 10.1 Å². The third-order valence-electron chi connectivity index (χ3n) is 4.81. The maximum absolute atomic E-state index is 9.60. The molecule has 0 bridgehead atoms. The molecule has 0 heterocycles. The van der Waals surface area contributed by atoms with Gasteiger partial charge in [0.05, 0.1) is 6.10 Å². The van der Waals surface area contributed by atoms with Gasteiger partial charge in [-0.15, -0.1) is 0 Å². The molecule has 24 heavy (non-hydrogen) atoms. The van der Waals surface area contributed by atoms with E-state index in [2.05, 4.69) is 36.5 Å². The van der Waals surface area contributed by atoms with Crippen molar-refractivity contribution in [1.29, 1.82) is 0 Å². The van der Waals surface area contributed by atoms with Crippen molar-refractivity contribution >= 4 is 0 Å². The minimum Gasteiger partial charge on any atom is -0.489 e. The van der Waals surface area contributed by atoms with Crippen molar-refractivity contribution in [3.05, 3.63) is 65.7 Å². The van der Waals surface area contributed by atoms with E-state index in [0.717, 1.165) is 31.4 Å². The van der Waals surface area contributed by atoms with Gasteiger partial charge in [0.25, 0.3) is 0 Å². The SMILES string of the molecule is CC(NC1CCC(O)CC1)c1ccc(OCc2ccccc2)cc1. The minimum atomic E-state index is -0.0978. The Kier molecular flexibility index (Phi) is 5.89. The van der Waals surface area contributed by atoms with Crippen molar-refractivity contribution in [2.24, 2.45) is 0 Å². The summed E-state index contributed by atoms with van der Waals surface area (Å²) in [6.07, 6.45) is 3.85. The van der Waals surface area contributed by atoms with Crippen LogP contribution >= 0.6 is 0 Å². The molecule has 0 aliphatic heterocycles. The highest BCUT2D eigenvalue weighted by atomic mass is 16.5. The lowest BCUT2D eigenvalue weighted by atomic mass is 9.92. The molecule has 0 spiro atoms. The number of hydrogen-bond acceptors (Lipinski definition) is 3. The quantitative estimate of drug-likeness (QED) is 0.835. The zero-order valence-corrected chi connectivity index (χ0v) is 14.3. The summed E-state index contributed by atoms with van der Waals surface area (Å²) in [6.45, 7) is 2.79. The summed E-state index contributed by atoms with van der Waals surface area (Å²) in [6, 6.07) is 19.4. The molecule has 3 nitrogen and oxygen atoms in total. The van der Waals surface area contributed by atoms with Crippen LogP contribution in [0.3, 0.4) is 0 Å². The van der Waals surface area contributed by atoms with E-state index >= 15 is 0 Å². The maximum Gasteiger partial charge on any atom is 0.119 e. The van der Waals surface area contributed by atoms with Gasteiger partial charge in [-0.1, -0.05) is 42.5 Å². The maximum atomic E-state index is 9.60. The van der Waals surface area contributed by atoms with Crippen LogP contribution in [-0.2, 0) is 6.61 Å². The zero-order valence-electron chi connectivity index (χ0n) is 14.3. The van der Waals surface area contributed by atoms with Crippen LogP contribution in [0.1, 0.15) is 49.8 Å². The third-order valence-corrected chi connectivity index (χ3v) is 4.81. The molecule has 3 heteroatoms. The largest absolute Gasteiger partial charge is 0.489 e. The summed E-state index contributed by atoms with van der Waals surface area (Å²) < 4.78 is 5.84. The molecule has 2 aromatic carbocycles. The van der Waals surface area contributed by atoms with E-state index in [9.17, 15) is 5.11 Å². The molecule has 0 saturated heterocycles. The molecule has 128 valence electrons. The van der Waals surface area contributed by atoms with Crippen LogP contribution in [-0.4, -0.2) is 17.3 Å². The van der Waals surface area contributed by atoms with Gasteiger partial charge in [-0.25, -0.2) is 0 Å². The van der Waals surface area contributed by atoms with Crippen molar-refractivity contribution < 1.29 is 9.84 Å². The van der Waals surface area contributed by atoms with Gasteiger partial charge in [-0.3, -0.25) is 0 Å². The van der Waals surface area contributed by atoms with Gasteiger partial charge < -0.3 is 15.2 Å². The van der Waals surface area contributed by atoms with Gasteiger partial charge in [0.15, 0.2) is 0 Å². The number of aliphatic hydroxyl groups is 1. The molecule has 2 aromatic rings. The molecule has 1 atom stereocenters. The van der Waals surface area contributed by atoms with Gasteiger partial charge in [-0.2, -0.15) is 0 Å². The monoisotopic (exact) mass is 325 g/mol. The summed E-state index contributed by atoms with van der Waals surface area (Å²) in [4.78, 5) is 0. The summed E-state index contributed by atoms with van der Waals surface area (Å²) >= 11 is 0. The van der Waals surface area contributed by atoms with E-state index in [1.165, 1.54) is 11.1 Å². The van der Waals surface area contributed by atoms with Crippen molar-refractivity contribution in [3.63, 3.8) is 0 Å². The van der Waals surface area contributed by atoms with Crippen molar-refractivity contribution in [2.75, 3.05) is 0 Å². The summed E-state index contributed by atoms with van der Waals surface area (Å²) in [5.41, 5.74) is 2.45. The fourth-order valence-corrected chi connectivity index (χ4v) is 3.29. The predicted octanol–water partition coefficient (Wildman–Crippen LogP) is 4.22. The Bertz CT molecular complexity index is 603. The normalized spacial score (nSPS) is 22.1. The Balaban J connectivity index is 1.50. The van der Waals surface area contributed by atoms with Gasteiger partial charge in [-0.05, 0) is 55.9 Å². The second-order valence-electron chi connectivity index (χ2n) is 6.74. The van der Waals surface area contributed by atoms with Crippen molar-refractivity contribution in [2.45, 2.75) is 57.4 Å². The second-order valence-corrected chi connectivity index (χ2v) is 6.74. The Hall–Kier alpha value is -1.84. The van der Waals surface area contributed by atoms with E-state index in [-0.39, 0.29) is 6.10 Å². The lowest BCUT2D eigenvalue weighted by molar-refractivity contribution is 0.114. The molecule has 1 fully saturated rings. The average molecular weight is 325 g/mol. The van der Waals surface area contributed by atoms with Crippen LogP contribution in [0.2, 0.25) is 0 Å². The van der Waals surface area contributed by atoms with Crippen LogP contribution in [0, 0.1) is 0 Å². The van der Waals surface area contributed by atoms with Crippen LogP contribution in [0.5, 0.6) is 5.75 Å². The molecule has 0 radical (unpaired) electrons. The second kappa shape index (κ2) is 8.32. The van der Waals surface area contributed by atoms with Gasteiger partial charge in [0.1, 0.15) is 12.4 Å². The highest BCUT2D eigenvalue weighted by Crippen LogP contribution is 2.23. The predicted molar refractivity (Wildman–Crippen MR) is 97.0 cm³/mol. The fraction of sp³-hybridized carbons (Fsp3) is 0.429. The van der Waals surface area contributed by atoms with E-state index in [0.29, 0.717) is 18.7 Å². The Labute approximate surface area is 144 Å². The van der Waals surface area contributed by atoms with Crippen molar-refractivity contribution in [3.8, 4) is 5.75 Å². The minimum absolute atomic E-state index is 0.0978. The van der Waals surface area contributed by atoms with Crippen LogP contribution in [0.15, 0.2) is 54.6 Å². The fourth-order valence-electron chi connectivity index (χ4n) is 3.29. The molecule has 0 aromatic heterocycles. The number of rotatable bonds is 6. The van der Waals surface area contributed by atoms with Crippen molar-refractivity contribution in [1.82, 2.24) is 5.32 Å². The Morgan fingerprint density at radius 1 is 1.00 bits per heavy atom. The first kappa shape index (κ1) is 17.0. The smallest absolute Gasteiger partial charge is 0.119 e. The van der Waals surface area contributed by atoms with E-state index in [1.54, 1.807) is 0 Å². The molecule has 2 N–H and O–H groups in total. The number of ether oxygens (including phenoxy) is 1. The number of nitrogens with one attached hydrogen (secondary N) is 1. The molecular weight excluding hydrogens is 298 g/mol. The Morgan fingerprint density at radius 3 is 2.33 bits per heavy atom. The highest BCUT2D eigenvalue weighted by molar-refractivity contribution is 5.29. The first-order valence-corrected chi connectivity index (χ1v) is 8.91. The summed E-state index contributed by atoms with van der Waals surface area (Å²) in [5.74, 6) is 0.899. The molecule has 1 aliphatic rings. The van der Waals surface area contributed by atoms with E-state index < -0.39 is 0 Å². The van der Waals surface area contributed by atoms with E-state index in [4.69, 9.17) is 4.74 Å². The summed E-state index contributed by atoms with van der Waals surface area (Å²) in [7, 11) is 0. The molecule has 0 amide bonds. The molecule has 1 saturated carbocycles. The van der Waals surface area contributed by atoms with Gasteiger partial charge in [0, 0.05) is 12.1 Å². The summed E-state index contributed by atoms with van der Waals surface area (Å²) in [5, 5.41) is 13.3. The Morgan fingerprint density at radius 2 is 1.67 bits per heavy atom. The standard InChI is InChI=1S/C21H27NO2/c1-16(22-19-9-11-20(23)12-10-19)18-7-13-21(14-8-18)24-15-17-5-3-2-4-6-17/h2-8,13-14,16,19-20,22-23H,9-12,15H2,1H3. The van der Waals surface area contributed by atoms with E-state index in [1.807, 2.05) is 30.3 Å². The first-order valence-electron chi connectivity index (χ1n) is 8.91. The molecule has 3 rings (SSSR count). The van der Waals surface area contributed by atoms with Gasteiger partial charge >= 0.3 is 0 Å².